The number of carbonyl (C=O) groups is 2. The van der Waals surface area contributed by atoms with Crippen molar-refractivity contribution in [3.05, 3.63) is 64.5 Å². The summed E-state index contributed by atoms with van der Waals surface area (Å²) in [4.78, 5) is 24.1. The summed E-state index contributed by atoms with van der Waals surface area (Å²) >= 11 is 0. The van der Waals surface area contributed by atoms with Crippen LogP contribution in [0.5, 0.6) is 0 Å². The van der Waals surface area contributed by atoms with Crippen molar-refractivity contribution < 1.29 is 14.0 Å². The Labute approximate surface area is 131 Å². The molecule has 1 aliphatic heterocycles. The zero-order chi connectivity index (χ0) is 16.4. The molecule has 2 N–H and O–H groups in total. The van der Waals surface area contributed by atoms with Gasteiger partial charge < -0.3 is 10.6 Å². The molecule has 0 spiro atoms. The number of nitriles is 1. The number of anilines is 1. The lowest BCUT2D eigenvalue weighted by atomic mass is 9.98. The fourth-order valence-electron chi connectivity index (χ4n) is 2.54. The predicted octanol–water partition coefficient (Wildman–Crippen LogP) is 2.24. The lowest BCUT2D eigenvalue weighted by molar-refractivity contribution is 0.0944. The first-order valence-electron chi connectivity index (χ1n) is 7.01. The van der Waals surface area contributed by atoms with Crippen molar-refractivity contribution in [3.8, 4) is 6.07 Å². The van der Waals surface area contributed by atoms with E-state index in [9.17, 15) is 14.0 Å². The lowest BCUT2D eigenvalue weighted by Gasteiger charge is -2.20. The second-order valence-electron chi connectivity index (χ2n) is 5.10. The number of nitrogens with one attached hydrogen (secondary N) is 2. The molecule has 0 unspecified atom stereocenters. The number of halogens is 1. The van der Waals surface area contributed by atoms with Gasteiger partial charge in [0.05, 0.1) is 17.2 Å². The van der Waals surface area contributed by atoms with Crippen LogP contribution in [0.4, 0.5) is 10.1 Å². The van der Waals surface area contributed by atoms with Crippen molar-refractivity contribution in [2.45, 2.75) is 6.42 Å². The molecule has 3 rings (SSSR count). The Morgan fingerprint density at radius 2 is 2.13 bits per heavy atom. The van der Waals surface area contributed by atoms with Crippen LogP contribution in [0, 0.1) is 17.1 Å². The number of rotatable bonds is 2. The Balaban J connectivity index is 1.94. The smallest absolute Gasteiger partial charge is 0.258 e. The van der Waals surface area contributed by atoms with Crippen LogP contribution < -0.4 is 10.6 Å². The number of hydrogen-bond acceptors (Lipinski definition) is 3. The van der Waals surface area contributed by atoms with E-state index in [1.807, 2.05) is 6.07 Å². The summed E-state index contributed by atoms with van der Waals surface area (Å²) in [5.41, 5.74) is 1.69. The number of nitrogens with zero attached hydrogens (tertiary/aromatic N) is 1. The summed E-state index contributed by atoms with van der Waals surface area (Å²) < 4.78 is 13.8. The van der Waals surface area contributed by atoms with E-state index in [1.165, 1.54) is 12.1 Å². The third kappa shape index (κ3) is 2.77. The zero-order valence-corrected chi connectivity index (χ0v) is 12.0. The molecule has 114 valence electrons. The average molecular weight is 309 g/mol. The van der Waals surface area contributed by atoms with Crippen molar-refractivity contribution in [3.63, 3.8) is 0 Å². The topological polar surface area (TPSA) is 82.0 Å². The van der Waals surface area contributed by atoms with E-state index in [0.29, 0.717) is 24.2 Å². The third-order valence-corrected chi connectivity index (χ3v) is 3.67. The summed E-state index contributed by atoms with van der Waals surface area (Å²) in [6.45, 7) is 0.483. The molecule has 6 heteroatoms. The molecule has 0 fully saturated rings. The van der Waals surface area contributed by atoms with Crippen LogP contribution in [0.1, 0.15) is 31.8 Å². The highest BCUT2D eigenvalue weighted by atomic mass is 19.1. The largest absolute Gasteiger partial charge is 0.352 e. The first-order valence-corrected chi connectivity index (χ1v) is 7.01. The highest BCUT2D eigenvalue weighted by molar-refractivity contribution is 6.06. The molecule has 0 saturated heterocycles. The molecule has 0 aromatic heterocycles. The number of hydrogen-bond donors (Lipinski definition) is 2. The summed E-state index contributed by atoms with van der Waals surface area (Å²) in [7, 11) is 0. The first-order chi connectivity index (χ1) is 11.1. The van der Waals surface area contributed by atoms with E-state index in [-0.39, 0.29) is 17.0 Å². The predicted molar refractivity (Wildman–Crippen MR) is 81.5 cm³/mol. The fourth-order valence-corrected chi connectivity index (χ4v) is 2.54. The second-order valence-corrected chi connectivity index (χ2v) is 5.10. The van der Waals surface area contributed by atoms with Gasteiger partial charge in [-0.05, 0) is 42.3 Å². The van der Waals surface area contributed by atoms with Gasteiger partial charge in [-0.3, -0.25) is 9.59 Å². The van der Waals surface area contributed by atoms with Gasteiger partial charge in [0, 0.05) is 17.8 Å². The van der Waals surface area contributed by atoms with Gasteiger partial charge in [0.1, 0.15) is 5.82 Å². The highest BCUT2D eigenvalue weighted by Gasteiger charge is 2.21. The highest BCUT2D eigenvalue weighted by Crippen LogP contribution is 2.24. The Kier molecular flexibility index (Phi) is 3.77. The van der Waals surface area contributed by atoms with Gasteiger partial charge in [0.2, 0.25) is 0 Å². The van der Waals surface area contributed by atoms with Gasteiger partial charge in [-0.25, -0.2) is 4.39 Å². The second kappa shape index (κ2) is 5.89. The van der Waals surface area contributed by atoms with E-state index in [4.69, 9.17) is 5.26 Å². The Bertz CT molecular complexity index is 855. The van der Waals surface area contributed by atoms with Crippen LogP contribution in [-0.2, 0) is 6.42 Å². The van der Waals surface area contributed by atoms with Gasteiger partial charge in [-0.1, -0.05) is 6.07 Å². The van der Waals surface area contributed by atoms with Crippen LogP contribution in [0.2, 0.25) is 0 Å². The normalized spacial score (nSPS) is 12.8. The molecule has 23 heavy (non-hydrogen) atoms. The van der Waals surface area contributed by atoms with E-state index < -0.39 is 11.7 Å². The fraction of sp³-hybridized carbons (Fsp3) is 0.118. The monoisotopic (exact) mass is 309 g/mol. The molecule has 0 saturated carbocycles. The number of fused-ring (bicyclic) bond motifs is 1. The standard InChI is InChI=1S/C17H12FN3O2/c18-14-5-4-10(9-19)8-13(14)17(23)21-15-3-1-2-12-11(15)6-7-20-16(12)22/h1-5,8H,6-7H2,(H,20,22)(H,21,23). The zero-order valence-electron chi connectivity index (χ0n) is 12.0. The minimum absolute atomic E-state index is 0.194. The van der Waals surface area contributed by atoms with E-state index >= 15 is 0 Å². The van der Waals surface area contributed by atoms with E-state index in [1.54, 1.807) is 18.2 Å². The van der Waals surface area contributed by atoms with Crippen molar-refractivity contribution >= 4 is 17.5 Å². The summed E-state index contributed by atoms with van der Waals surface area (Å²) in [6.07, 6.45) is 0.582. The maximum atomic E-state index is 13.8. The molecular formula is C17H12FN3O2. The molecule has 0 bridgehead atoms. The van der Waals surface area contributed by atoms with Crippen LogP contribution in [0.15, 0.2) is 36.4 Å². The molecule has 2 amide bonds. The molecule has 0 atom stereocenters. The number of carbonyl (C=O) groups excluding carboxylic acids is 2. The van der Waals surface area contributed by atoms with E-state index in [2.05, 4.69) is 10.6 Å². The number of benzene rings is 2. The van der Waals surface area contributed by atoms with Crippen molar-refractivity contribution in [2.75, 3.05) is 11.9 Å². The molecule has 0 radical (unpaired) electrons. The Morgan fingerprint density at radius 1 is 1.30 bits per heavy atom. The summed E-state index contributed by atoms with van der Waals surface area (Å²) in [6, 6.07) is 10.5. The Morgan fingerprint density at radius 3 is 2.91 bits per heavy atom. The van der Waals surface area contributed by atoms with Crippen LogP contribution >= 0.6 is 0 Å². The van der Waals surface area contributed by atoms with Crippen molar-refractivity contribution in [1.29, 1.82) is 5.26 Å². The van der Waals surface area contributed by atoms with Crippen LogP contribution in [-0.4, -0.2) is 18.4 Å². The van der Waals surface area contributed by atoms with Gasteiger partial charge in [0.25, 0.3) is 11.8 Å². The molecular weight excluding hydrogens is 297 g/mol. The van der Waals surface area contributed by atoms with Gasteiger partial charge in [0.15, 0.2) is 0 Å². The van der Waals surface area contributed by atoms with Crippen LogP contribution in [0.3, 0.4) is 0 Å². The maximum absolute atomic E-state index is 13.8. The minimum Gasteiger partial charge on any atom is -0.352 e. The van der Waals surface area contributed by atoms with Gasteiger partial charge in [-0.2, -0.15) is 5.26 Å². The summed E-state index contributed by atoms with van der Waals surface area (Å²) in [5.74, 6) is -1.55. The molecule has 0 aliphatic carbocycles. The molecule has 1 aliphatic rings. The molecule has 5 nitrogen and oxygen atoms in total. The maximum Gasteiger partial charge on any atom is 0.258 e. The van der Waals surface area contributed by atoms with Gasteiger partial charge in [-0.15, -0.1) is 0 Å². The lowest BCUT2D eigenvalue weighted by Crippen LogP contribution is -2.32. The third-order valence-electron chi connectivity index (χ3n) is 3.67. The minimum atomic E-state index is -0.705. The average Bonchev–Trinajstić information content (AvgIpc) is 2.56. The number of amides is 2. The van der Waals surface area contributed by atoms with Crippen molar-refractivity contribution in [2.24, 2.45) is 0 Å². The Hall–Kier alpha value is -3.20. The molecule has 2 aromatic rings. The van der Waals surface area contributed by atoms with E-state index in [0.717, 1.165) is 11.6 Å². The van der Waals surface area contributed by atoms with Crippen molar-refractivity contribution in [1.82, 2.24) is 5.32 Å². The molecule has 1 heterocycles. The molecule has 2 aromatic carbocycles. The SMILES string of the molecule is N#Cc1ccc(F)c(C(=O)Nc2cccc3c2CCNC3=O)c1. The first kappa shape index (κ1) is 14.7. The van der Waals surface area contributed by atoms with Crippen LogP contribution in [0.25, 0.3) is 0 Å². The van der Waals surface area contributed by atoms with Gasteiger partial charge >= 0.3 is 0 Å². The quantitative estimate of drug-likeness (QED) is 0.892. The summed E-state index contributed by atoms with van der Waals surface area (Å²) in [5, 5.41) is 14.2.